The van der Waals surface area contributed by atoms with Crippen LogP contribution < -0.4 is 4.74 Å². The minimum absolute atomic E-state index is 0.666. The van der Waals surface area contributed by atoms with Gasteiger partial charge in [0.1, 0.15) is 5.75 Å². The van der Waals surface area contributed by atoms with E-state index in [1.165, 1.54) is 31.4 Å². The van der Waals surface area contributed by atoms with Crippen LogP contribution in [0.4, 0.5) is 0 Å². The molecule has 0 atom stereocenters. The zero-order valence-corrected chi connectivity index (χ0v) is 17.7. The number of hydrogen-bond acceptors (Lipinski definition) is 4. The lowest BCUT2D eigenvalue weighted by atomic mass is 10.1. The zero-order chi connectivity index (χ0) is 20.3. The van der Waals surface area contributed by atoms with Crippen molar-refractivity contribution in [1.82, 2.24) is 19.6 Å². The lowest BCUT2D eigenvalue weighted by Crippen LogP contribution is -2.38. The minimum Gasteiger partial charge on any atom is -0.497 e. The van der Waals surface area contributed by atoms with Gasteiger partial charge >= 0.3 is 0 Å². The Bertz CT molecular complexity index is 960. The van der Waals surface area contributed by atoms with Gasteiger partial charge in [0.2, 0.25) is 0 Å². The van der Waals surface area contributed by atoms with Crippen molar-refractivity contribution in [3.05, 3.63) is 77.6 Å². The van der Waals surface area contributed by atoms with Gasteiger partial charge < -0.3 is 4.74 Å². The Hall–Kier alpha value is -2.63. The Morgan fingerprint density at radius 2 is 1.80 bits per heavy atom. The lowest BCUT2D eigenvalue weighted by Gasteiger charge is -2.27. The van der Waals surface area contributed by atoms with Crippen molar-refractivity contribution in [2.75, 3.05) is 33.3 Å². The van der Waals surface area contributed by atoms with Gasteiger partial charge in [0, 0.05) is 38.1 Å². The number of benzene rings is 2. The topological polar surface area (TPSA) is 33.5 Å². The van der Waals surface area contributed by atoms with Gasteiger partial charge in [-0.1, -0.05) is 24.3 Å². The maximum atomic E-state index is 5.50. The maximum Gasteiger partial charge on any atom is 0.119 e. The number of ether oxygens (including phenoxy) is 1. The molecule has 2 heterocycles. The zero-order valence-electron chi connectivity index (χ0n) is 17.7. The quantitative estimate of drug-likeness (QED) is 0.654. The van der Waals surface area contributed by atoms with Crippen LogP contribution in [-0.2, 0) is 19.4 Å². The average Bonchev–Trinajstić information content (AvgIpc) is 3.40. The van der Waals surface area contributed by atoms with Crippen LogP contribution in [0, 0.1) is 0 Å². The first-order valence-electron chi connectivity index (χ1n) is 11.0. The summed E-state index contributed by atoms with van der Waals surface area (Å²) in [5, 5.41) is 4.45. The molecule has 1 aliphatic heterocycles. The molecule has 0 bridgehead atoms. The molecule has 5 nitrogen and oxygen atoms in total. The first-order chi connectivity index (χ1) is 14.8. The largest absolute Gasteiger partial charge is 0.497 e. The van der Waals surface area contributed by atoms with Crippen molar-refractivity contribution < 1.29 is 4.74 Å². The molecule has 0 amide bonds. The van der Waals surface area contributed by atoms with E-state index in [2.05, 4.69) is 51.3 Å². The Balaban J connectivity index is 1.27. The lowest BCUT2D eigenvalue weighted by molar-refractivity contribution is 0.201. The fourth-order valence-electron chi connectivity index (χ4n) is 5.00. The molecule has 5 heteroatoms. The summed E-state index contributed by atoms with van der Waals surface area (Å²) in [7, 11) is 1.73. The van der Waals surface area contributed by atoms with E-state index in [-0.39, 0.29) is 0 Å². The molecular formula is C25H30N4O. The molecule has 0 saturated carbocycles. The van der Waals surface area contributed by atoms with Crippen LogP contribution in [0.3, 0.4) is 0 Å². The molecule has 2 aromatic carbocycles. The fraction of sp³-hybridized carbons (Fsp3) is 0.400. The molecule has 156 valence electrons. The Kier molecular flexibility index (Phi) is 5.56. The van der Waals surface area contributed by atoms with E-state index in [9.17, 15) is 0 Å². The van der Waals surface area contributed by atoms with E-state index >= 15 is 0 Å². The first-order valence-corrected chi connectivity index (χ1v) is 11.0. The molecule has 5 rings (SSSR count). The van der Waals surface area contributed by atoms with Crippen molar-refractivity contribution in [3.8, 4) is 11.4 Å². The van der Waals surface area contributed by atoms with Crippen molar-refractivity contribution in [2.24, 2.45) is 0 Å². The van der Waals surface area contributed by atoms with E-state index in [0.717, 1.165) is 37.6 Å². The normalized spacial score (nSPS) is 18.3. The standard InChI is InChI=1S/C25H30N4O/c1-30-24-8-9-25(29-13-4-10-26-29)22(18-24)19-27-11-5-12-28(15-14-27)23-16-20-6-2-3-7-21(20)17-23/h2-4,6-10,13,18,23H,5,11-12,14-17,19H2,1H3. The Labute approximate surface area is 178 Å². The Morgan fingerprint density at radius 1 is 0.967 bits per heavy atom. The molecule has 1 fully saturated rings. The molecule has 0 unspecified atom stereocenters. The first kappa shape index (κ1) is 19.3. The second-order valence-electron chi connectivity index (χ2n) is 8.44. The van der Waals surface area contributed by atoms with Gasteiger partial charge in [0.05, 0.1) is 12.8 Å². The molecule has 3 aromatic rings. The molecule has 2 aliphatic rings. The summed E-state index contributed by atoms with van der Waals surface area (Å²) in [4.78, 5) is 5.31. The molecule has 1 aliphatic carbocycles. The van der Waals surface area contributed by atoms with Crippen molar-refractivity contribution in [1.29, 1.82) is 0 Å². The number of nitrogens with zero attached hydrogens (tertiary/aromatic N) is 4. The van der Waals surface area contributed by atoms with Crippen molar-refractivity contribution in [2.45, 2.75) is 31.8 Å². The highest BCUT2D eigenvalue weighted by atomic mass is 16.5. The highest BCUT2D eigenvalue weighted by molar-refractivity contribution is 5.45. The summed E-state index contributed by atoms with van der Waals surface area (Å²) in [6, 6.07) is 17.9. The molecule has 0 spiro atoms. The molecule has 0 radical (unpaired) electrons. The highest BCUT2D eigenvalue weighted by Crippen LogP contribution is 2.27. The van der Waals surface area contributed by atoms with Gasteiger partial charge in [-0.2, -0.15) is 5.10 Å². The summed E-state index contributed by atoms with van der Waals surface area (Å²) in [5.74, 6) is 0.904. The van der Waals surface area contributed by atoms with Crippen LogP contribution in [0.2, 0.25) is 0 Å². The van der Waals surface area contributed by atoms with Crippen LogP contribution in [0.1, 0.15) is 23.1 Å². The predicted molar refractivity (Wildman–Crippen MR) is 119 cm³/mol. The average molecular weight is 403 g/mol. The van der Waals surface area contributed by atoms with E-state index in [4.69, 9.17) is 4.74 Å². The maximum absolute atomic E-state index is 5.50. The molecular weight excluding hydrogens is 372 g/mol. The minimum atomic E-state index is 0.666. The molecule has 1 saturated heterocycles. The number of aromatic nitrogens is 2. The highest BCUT2D eigenvalue weighted by Gasteiger charge is 2.28. The summed E-state index contributed by atoms with van der Waals surface area (Å²) in [6.45, 7) is 5.48. The summed E-state index contributed by atoms with van der Waals surface area (Å²) in [6.07, 6.45) is 7.46. The van der Waals surface area contributed by atoms with Gasteiger partial charge in [-0.25, -0.2) is 4.68 Å². The summed E-state index contributed by atoms with van der Waals surface area (Å²) in [5.41, 5.74) is 5.49. The fourth-order valence-corrected chi connectivity index (χ4v) is 5.00. The van der Waals surface area contributed by atoms with E-state index in [1.54, 1.807) is 18.2 Å². The van der Waals surface area contributed by atoms with Crippen molar-refractivity contribution >= 4 is 0 Å². The molecule has 1 aromatic heterocycles. The number of hydrogen-bond donors (Lipinski definition) is 0. The van der Waals surface area contributed by atoms with Gasteiger partial charge in [0.25, 0.3) is 0 Å². The third-order valence-corrected chi connectivity index (χ3v) is 6.60. The van der Waals surface area contributed by atoms with Gasteiger partial charge in [0.15, 0.2) is 0 Å². The van der Waals surface area contributed by atoms with Crippen LogP contribution in [0.5, 0.6) is 5.75 Å². The second-order valence-corrected chi connectivity index (χ2v) is 8.44. The van der Waals surface area contributed by atoms with Crippen LogP contribution in [0.25, 0.3) is 5.69 Å². The van der Waals surface area contributed by atoms with E-state index in [1.807, 2.05) is 29.2 Å². The van der Waals surface area contributed by atoms with Gasteiger partial charge in [-0.3, -0.25) is 9.80 Å². The summed E-state index contributed by atoms with van der Waals surface area (Å²) < 4.78 is 7.45. The SMILES string of the molecule is COc1ccc(-n2cccn2)c(CN2CCCN(C3Cc4ccccc4C3)CC2)c1. The second kappa shape index (κ2) is 8.62. The van der Waals surface area contributed by atoms with Crippen LogP contribution in [-0.4, -0.2) is 58.9 Å². The van der Waals surface area contributed by atoms with Crippen molar-refractivity contribution in [3.63, 3.8) is 0 Å². The van der Waals surface area contributed by atoms with Gasteiger partial charge in [-0.15, -0.1) is 0 Å². The third kappa shape index (κ3) is 4.00. The number of fused-ring (bicyclic) bond motifs is 1. The monoisotopic (exact) mass is 402 g/mol. The van der Waals surface area contributed by atoms with Crippen LogP contribution >= 0.6 is 0 Å². The molecule has 30 heavy (non-hydrogen) atoms. The van der Waals surface area contributed by atoms with Crippen LogP contribution in [0.15, 0.2) is 60.9 Å². The smallest absolute Gasteiger partial charge is 0.119 e. The number of rotatable bonds is 5. The number of methoxy groups -OCH3 is 1. The molecule has 0 N–H and O–H groups in total. The third-order valence-electron chi connectivity index (χ3n) is 6.60. The van der Waals surface area contributed by atoms with E-state index in [0.29, 0.717) is 6.04 Å². The van der Waals surface area contributed by atoms with E-state index < -0.39 is 0 Å². The summed E-state index contributed by atoms with van der Waals surface area (Å²) >= 11 is 0. The van der Waals surface area contributed by atoms with Gasteiger partial charge in [-0.05, 0) is 73.3 Å². The predicted octanol–water partition coefficient (Wildman–Crippen LogP) is 3.56. The Morgan fingerprint density at radius 3 is 2.53 bits per heavy atom.